The largest absolute Gasteiger partial charge is 0.390 e. The van der Waals surface area contributed by atoms with Crippen LogP contribution in [0.3, 0.4) is 0 Å². The van der Waals surface area contributed by atoms with Crippen molar-refractivity contribution in [3.05, 3.63) is 66.0 Å². The van der Waals surface area contributed by atoms with E-state index in [0.29, 0.717) is 32.2 Å². The quantitative estimate of drug-likeness (QED) is 0.155. The molecule has 0 saturated carbocycles. The Balaban J connectivity index is 2.41. The number of hydrogen-bond acceptors (Lipinski definition) is 8. The van der Waals surface area contributed by atoms with Crippen LogP contribution in [0.15, 0.2) is 54.9 Å². The molecule has 0 aliphatic rings. The van der Waals surface area contributed by atoms with Gasteiger partial charge in [-0.25, -0.2) is 8.42 Å². The van der Waals surface area contributed by atoms with Gasteiger partial charge in [-0.3, -0.25) is 19.4 Å². The minimum Gasteiger partial charge on any atom is -0.390 e. The summed E-state index contributed by atoms with van der Waals surface area (Å²) in [6.45, 7) is 9.50. The predicted molar refractivity (Wildman–Crippen MR) is 174 cm³/mol. The standard InChI is InChI=1S/C33H50N4O7S/c1-6-12-26(13-7-2)45(43,44)21-28(37-32(41)25-16-11-17-34-20-25)33(42)36-27(18-24-14-9-8-10-15-24)30(39)29(38)23(5)31(40)35-19-22(3)4/h8-11,14-17,20,22-23,26-30,38-39H,6-7,12-13,18-19,21H2,1-5H3,(H,35,40)(H,36,42)(H,37,41)/t23-,27+,28?,29-,30-/m1/s1. The van der Waals surface area contributed by atoms with E-state index in [4.69, 9.17) is 0 Å². The van der Waals surface area contributed by atoms with Gasteiger partial charge in [0.15, 0.2) is 9.84 Å². The van der Waals surface area contributed by atoms with Crippen molar-refractivity contribution in [2.45, 2.75) is 96.3 Å². The highest BCUT2D eigenvalue weighted by Crippen LogP contribution is 2.19. The molecule has 2 rings (SSSR count). The summed E-state index contributed by atoms with van der Waals surface area (Å²) in [5.41, 5.74) is 0.865. The zero-order chi connectivity index (χ0) is 33.6. The van der Waals surface area contributed by atoms with Crippen LogP contribution in [0.4, 0.5) is 0 Å². The van der Waals surface area contributed by atoms with Crippen molar-refractivity contribution in [2.24, 2.45) is 11.8 Å². The van der Waals surface area contributed by atoms with Gasteiger partial charge in [-0.1, -0.05) is 77.8 Å². The first-order chi connectivity index (χ1) is 21.3. The molecule has 0 saturated heterocycles. The molecule has 45 heavy (non-hydrogen) atoms. The fraction of sp³-hybridized carbons (Fsp3) is 0.576. The van der Waals surface area contributed by atoms with Gasteiger partial charge in [0.25, 0.3) is 5.91 Å². The van der Waals surface area contributed by atoms with Crippen molar-refractivity contribution < 1.29 is 33.0 Å². The number of rotatable bonds is 19. The number of carbonyl (C=O) groups excluding carboxylic acids is 3. The van der Waals surface area contributed by atoms with Crippen molar-refractivity contribution in [2.75, 3.05) is 12.3 Å². The zero-order valence-corrected chi connectivity index (χ0v) is 27.8. The van der Waals surface area contributed by atoms with E-state index in [9.17, 15) is 33.0 Å². The lowest BCUT2D eigenvalue weighted by Gasteiger charge is -2.32. The van der Waals surface area contributed by atoms with Crippen LogP contribution in [0.2, 0.25) is 0 Å². The summed E-state index contributed by atoms with van der Waals surface area (Å²) in [4.78, 5) is 43.6. The van der Waals surface area contributed by atoms with Gasteiger partial charge < -0.3 is 26.2 Å². The van der Waals surface area contributed by atoms with Gasteiger partial charge in [-0.2, -0.15) is 0 Å². The van der Waals surface area contributed by atoms with E-state index in [1.807, 2.05) is 27.7 Å². The first-order valence-corrected chi connectivity index (χ1v) is 17.4. The molecule has 1 aromatic heterocycles. The van der Waals surface area contributed by atoms with Crippen LogP contribution < -0.4 is 16.0 Å². The van der Waals surface area contributed by atoms with Crippen molar-refractivity contribution in [3.8, 4) is 0 Å². The van der Waals surface area contributed by atoms with E-state index in [1.54, 1.807) is 36.4 Å². The van der Waals surface area contributed by atoms with Gasteiger partial charge in [0.2, 0.25) is 11.8 Å². The maximum Gasteiger partial charge on any atom is 0.253 e. The number of aliphatic hydroxyl groups is 2. The highest BCUT2D eigenvalue weighted by atomic mass is 32.2. The van der Waals surface area contributed by atoms with Crippen molar-refractivity contribution >= 4 is 27.6 Å². The Morgan fingerprint density at radius 1 is 0.867 bits per heavy atom. The van der Waals surface area contributed by atoms with Gasteiger partial charge in [-0.15, -0.1) is 0 Å². The summed E-state index contributed by atoms with van der Waals surface area (Å²) >= 11 is 0. The van der Waals surface area contributed by atoms with E-state index < -0.39 is 68.8 Å². The van der Waals surface area contributed by atoms with E-state index in [-0.39, 0.29) is 17.9 Å². The molecule has 12 heteroatoms. The number of benzene rings is 1. The lowest BCUT2D eigenvalue weighted by Crippen LogP contribution is -2.58. The third-order valence-electron chi connectivity index (χ3n) is 7.67. The molecule has 0 bridgehead atoms. The summed E-state index contributed by atoms with van der Waals surface area (Å²) in [6.07, 6.45) is 1.79. The molecule has 0 radical (unpaired) electrons. The molecule has 1 aromatic carbocycles. The second-order valence-corrected chi connectivity index (χ2v) is 14.3. The molecule has 0 fully saturated rings. The Bertz CT molecular complexity index is 1300. The van der Waals surface area contributed by atoms with Gasteiger partial charge in [0, 0.05) is 18.9 Å². The summed E-state index contributed by atoms with van der Waals surface area (Å²) in [6, 6.07) is 9.34. The molecule has 0 aliphatic carbocycles. The van der Waals surface area contributed by atoms with E-state index in [2.05, 4.69) is 20.9 Å². The summed E-state index contributed by atoms with van der Waals surface area (Å²) < 4.78 is 27.1. The Morgan fingerprint density at radius 2 is 1.51 bits per heavy atom. The molecule has 5 atom stereocenters. The van der Waals surface area contributed by atoms with Crippen molar-refractivity contribution in [1.82, 2.24) is 20.9 Å². The van der Waals surface area contributed by atoms with Gasteiger partial charge >= 0.3 is 0 Å². The van der Waals surface area contributed by atoms with Crippen LogP contribution in [0.5, 0.6) is 0 Å². The maximum absolute atomic E-state index is 13.9. The van der Waals surface area contributed by atoms with E-state index in [0.717, 1.165) is 5.56 Å². The molecule has 0 aliphatic heterocycles. The summed E-state index contributed by atoms with van der Waals surface area (Å²) in [5.74, 6) is -3.47. The average molecular weight is 647 g/mol. The number of nitrogens with one attached hydrogen (secondary N) is 3. The number of pyridine rings is 1. The number of aliphatic hydroxyl groups excluding tert-OH is 2. The third kappa shape index (κ3) is 12.2. The topological polar surface area (TPSA) is 175 Å². The van der Waals surface area contributed by atoms with Crippen LogP contribution in [-0.4, -0.2) is 83.2 Å². The SMILES string of the molecule is CCCC(CCC)S(=O)(=O)CC(NC(=O)c1cccnc1)C(=O)N[C@@H](Cc1ccccc1)[C@@H](O)[C@H](O)[C@@H](C)C(=O)NCC(C)C. The van der Waals surface area contributed by atoms with Crippen molar-refractivity contribution in [1.29, 1.82) is 0 Å². The maximum atomic E-state index is 13.9. The zero-order valence-electron chi connectivity index (χ0n) is 27.0. The van der Waals surface area contributed by atoms with Crippen molar-refractivity contribution in [3.63, 3.8) is 0 Å². The summed E-state index contributed by atoms with van der Waals surface area (Å²) in [5, 5.41) is 29.7. The fourth-order valence-electron chi connectivity index (χ4n) is 5.00. The molecular weight excluding hydrogens is 596 g/mol. The van der Waals surface area contributed by atoms with E-state index >= 15 is 0 Å². The molecule has 1 unspecified atom stereocenters. The predicted octanol–water partition coefficient (Wildman–Crippen LogP) is 2.42. The summed E-state index contributed by atoms with van der Waals surface area (Å²) in [7, 11) is -3.84. The molecule has 0 spiro atoms. The number of hydrogen-bond donors (Lipinski definition) is 5. The fourth-order valence-corrected chi connectivity index (χ4v) is 7.16. The van der Waals surface area contributed by atoms with Crippen LogP contribution >= 0.6 is 0 Å². The Labute approximate surface area is 267 Å². The molecule has 5 N–H and O–H groups in total. The Hall–Kier alpha value is -3.35. The highest BCUT2D eigenvalue weighted by Gasteiger charge is 2.37. The van der Waals surface area contributed by atoms with Gasteiger partial charge in [0.05, 0.1) is 34.6 Å². The second kappa shape index (κ2) is 18.6. The van der Waals surface area contributed by atoms with Crippen LogP contribution in [-0.2, 0) is 25.8 Å². The average Bonchev–Trinajstić information content (AvgIpc) is 3.02. The van der Waals surface area contributed by atoms with Crippen LogP contribution in [0.1, 0.15) is 76.2 Å². The van der Waals surface area contributed by atoms with E-state index in [1.165, 1.54) is 25.4 Å². The molecule has 3 amide bonds. The van der Waals surface area contributed by atoms with Gasteiger partial charge in [-0.05, 0) is 42.9 Å². The number of aromatic nitrogens is 1. The minimum absolute atomic E-state index is 0.0649. The minimum atomic E-state index is -3.84. The number of nitrogens with zero attached hydrogens (tertiary/aromatic N) is 1. The first kappa shape index (κ1) is 37.8. The lowest BCUT2D eigenvalue weighted by molar-refractivity contribution is -0.132. The first-order valence-electron chi connectivity index (χ1n) is 15.7. The third-order valence-corrected chi connectivity index (χ3v) is 9.96. The number of amides is 3. The smallest absolute Gasteiger partial charge is 0.253 e. The lowest BCUT2D eigenvalue weighted by atomic mass is 9.90. The second-order valence-electron chi connectivity index (χ2n) is 12.0. The van der Waals surface area contributed by atoms with Gasteiger partial charge in [0.1, 0.15) is 12.1 Å². The monoisotopic (exact) mass is 646 g/mol. The normalized spacial score (nSPS) is 15.1. The number of sulfone groups is 1. The highest BCUT2D eigenvalue weighted by molar-refractivity contribution is 7.92. The molecular formula is C33H50N4O7S. The van der Waals surface area contributed by atoms with Crippen LogP contribution in [0, 0.1) is 11.8 Å². The Morgan fingerprint density at radius 3 is 2.07 bits per heavy atom. The molecule has 250 valence electrons. The number of carbonyl (C=O) groups is 3. The Kier molecular flexibility index (Phi) is 15.6. The molecule has 11 nitrogen and oxygen atoms in total. The van der Waals surface area contributed by atoms with Crippen LogP contribution in [0.25, 0.3) is 0 Å². The molecule has 2 aromatic rings. The molecule has 1 heterocycles.